The largest absolute Gasteiger partial charge is 0.478 e. The summed E-state index contributed by atoms with van der Waals surface area (Å²) in [6.07, 6.45) is 0.341. The maximum atomic E-state index is 11.9. The summed E-state index contributed by atoms with van der Waals surface area (Å²) in [6.45, 7) is 5.37. The van der Waals surface area contributed by atoms with E-state index in [1.807, 2.05) is 0 Å². The molecular weight excluding hydrogens is 276 g/mol. The first-order valence-electron chi connectivity index (χ1n) is 5.14. The SMILES string of the molecule is C=C(C)CCS(=O)(=O)c1ccc(Cl)c(C(=O)O)c1. The van der Waals surface area contributed by atoms with Gasteiger partial charge in [0.1, 0.15) is 0 Å². The highest BCUT2D eigenvalue weighted by atomic mass is 35.5. The lowest BCUT2D eigenvalue weighted by Gasteiger charge is -2.06. The fraction of sp³-hybridized carbons (Fsp3) is 0.250. The minimum absolute atomic E-state index is 0.0151. The fourth-order valence-corrected chi connectivity index (χ4v) is 2.91. The van der Waals surface area contributed by atoms with Crippen molar-refractivity contribution in [2.75, 3.05) is 5.75 Å². The van der Waals surface area contributed by atoms with Crippen LogP contribution in [0.4, 0.5) is 0 Å². The van der Waals surface area contributed by atoms with Crippen LogP contribution in [0.15, 0.2) is 35.2 Å². The molecular formula is C12H13ClO4S. The Labute approximate surface area is 111 Å². The van der Waals surface area contributed by atoms with Crippen LogP contribution in [0.1, 0.15) is 23.7 Å². The number of carbonyl (C=O) groups is 1. The second kappa shape index (κ2) is 5.54. The number of halogens is 1. The van der Waals surface area contributed by atoms with E-state index in [1.54, 1.807) is 6.92 Å². The zero-order valence-electron chi connectivity index (χ0n) is 9.81. The Balaban J connectivity index is 3.14. The highest BCUT2D eigenvalue weighted by Gasteiger charge is 2.18. The molecule has 18 heavy (non-hydrogen) atoms. The number of rotatable bonds is 5. The molecule has 0 bridgehead atoms. The molecule has 4 nitrogen and oxygen atoms in total. The molecule has 0 amide bonds. The number of hydrogen-bond donors (Lipinski definition) is 1. The van der Waals surface area contributed by atoms with Gasteiger partial charge in [0.15, 0.2) is 9.84 Å². The van der Waals surface area contributed by atoms with Crippen LogP contribution in [-0.4, -0.2) is 25.2 Å². The van der Waals surface area contributed by atoms with Crippen molar-refractivity contribution >= 4 is 27.4 Å². The van der Waals surface area contributed by atoms with Crippen LogP contribution in [0.3, 0.4) is 0 Å². The van der Waals surface area contributed by atoms with E-state index < -0.39 is 15.8 Å². The lowest BCUT2D eigenvalue weighted by molar-refractivity contribution is 0.0697. The van der Waals surface area contributed by atoms with Gasteiger partial charge in [0.25, 0.3) is 0 Å². The van der Waals surface area contributed by atoms with Crippen LogP contribution in [0, 0.1) is 0 Å². The molecule has 0 heterocycles. The average molecular weight is 289 g/mol. The molecule has 1 rings (SSSR count). The predicted octanol–water partition coefficient (Wildman–Crippen LogP) is 2.78. The van der Waals surface area contributed by atoms with Gasteiger partial charge in [0.05, 0.1) is 21.2 Å². The number of hydrogen-bond acceptors (Lipinski definition) is 3. The highest BCUT2D eigenvalue weighted by Crippen LogP contribution is 2.22. The molecule has 0 unspecified atom stereocenters. The fourth-order valence-electron chi connectivity index (χ4n) is 1.29. The number of sulfone groups is 1. The van der Waals surface area contributed by atoms with Gasteiger partial charge in [-0.3, -0.25) is 0 Å². The van der Waals surface area contributed by atoms with Gasteiger partial charge in [-0.05, 0) is 31.5 Å². The Morgan fingerprint density at radius 3 is 2.56 bits per heavy atom. The van der Waals surface area contributed by atoms with Gasteiger partial charge in [-0.15, -0.1) is 6.58 Å². The van der Waals surface area contributed by atoms with E-state index in [9.17, 15) is 13.2 Å². The zero-order valence-corrected chi connectivity index (χ0v) is 11.4. The second-order valence-electron chi connectivity index (χ2n) is 3.97. The van der Waals surface area contributed by atoms with Crippen LogP contribution in [0.25, 0.3) is 0 Å². The second-order valence-corrected chi connectivity index (χ2v) is 6.49. The third-order valence-electron chi connectivity index (χ3n) is 2.32. The highest BCUT2D eigenvalue weighted by molar-refractivity contribution is 7.91. The van der Waals surface area contributed by atoms with Gasteiger partial charge in [-0.2, -0.15) is 0 Å². The van der Waals surface area contributed by atoms with Crippen molar-refractivity contribution in [1.82, 2.24) is 0 Å². The van der Waals surface area contributed by atoms with E-state index in [0.29, 0.717) is 6.42 Å². The van der Waals surface area contributed by atoms with Crippen LogP contribution in [0.2, 0.25) is 5.02 Å². The summed E-state index contributed by atoms with van der Waals surface area (Å²) in [4.78, 5) is 10.8. The van der Waals surface area contributed by atoms with Gasteiger partial charge >= 0.3 is 5.97 Å². The topological polar surface area (TPSA) is 71.4 Å². The normalized spacial score (nSPS) is 11.2. The minimum Gasteiger partial charge on any atom is -0.478 e. The van der Waals surface area contributed by atoms with Crippen LogP contribution >= 0.6 is 11.6 Å². The van der Waals surface area contributed by atoms with E-state index in [0.717, 1.165) is 11.6 Å². The first-order valence-corrected chi connectivity index (χ1v) is 7.17. The molecule has 0 spiro atoms. The monoisotopic (exact) mass is 288 g/mol. The summed E-state index contributed by atoms with van der Waals surface area (Å²) in [5, 5.41) is 8.90. The predicted molar refractivity (Wildman–Crippen MR) is 69.9 cm³/mol. The van der Waals surface area contributed by atoms with Crippen molar-refractivity contribution in [2.45, 2.75) is 18.2 Å². The first kappa shape index (κ1) is 14.7. The van der Waals surface area contributed by atoms with Crippen molar-refractivity contribution in [3.8, 4) is 0 Å². The molecule has 0 saturated carbocycles. The molecule has 98 valence electrons. The lowest BCUT2D eigenvalue weighted by atomic mass is 10.2. The smallest absolute Gasteiger partial charge is 0.337 e. The summed E-state index contributed by atoms with van der Waals surface area (Å²) in [5.41, 5.74) is 0.541. The van der Waals surface area contributed by atoms with E-state index >= 15 is 0 Å². The van der Waals surface area contributed by atoms with Crippen LogP contribution in [0.5, 0.6) is 0 Å². The number of carboxylic acids is 1. The third-order valence-corrected chi connectivity index (χ3v) is 4.37. The van der Waals surface area contributed by atoms with E-state index in [1.165, 1.54) is 12.1 Å². The molecule has 0 aliphatic carbocycles. The van der Waals surface area contributed by atoms with Crippen LogP contribution in [-0.2, 0) is 9.84 Å². The van der Waals surface area contributed by atoms with Crippen molar-refractivity contribution < 1.29 is 18.3 Å². The van der Waals surface area contributed by atoms with Gasteiger partial charge < -0.3 is 5.11 Å². The Morgan fingerprint density at radius 2 is 2.06 bits per heavy atom. The summed E-state index contributed by atoms with van der Waals surface area (Å²) in [5.74, 6) is -1.35. The van der Waals surface area contributed by atoms with Crippen molar-refractivity contribution in [1.29, 1.82) is 0 Å². The molecule has 0 aliphatic rings. The number of carboxylic acid groups (broad SMARTS) is 1. The van der Waals surface area contributed by atoms with E-state index in [-0.39, 0.29) is 21.2 Å². The molecule has 1 N–H and O–H groups in total. The molecule has 0 radical (unpaired) electrons. The Bertz CT molecular complexity index is 590. The quantitative estimate of drug-likeness (QED) is 0.846. The summed E-state index contributed by atoms with van der Waals surface area (Å²) < 4.78 is 23.9. The first-order chi connectivity index (χ1) is 8.24. The number of allylic oxidation sites excluding steroid dienone is 1. The maximum Gasteiger partial charge on any atom is 0.337 e. The maximum absolute atomic E-state index is 11.9. The molecule has 6 heteroatoms. The van der Waals surface area contributed by atoms with Gasteiger partial charge in [-0.25, -0.2) is 13.2 Å². The van der Waals surface area contributed by atoms with Crippen molar-refractivity contribution in [3.63, 3.8) is 0 Å². The molecule has 0 aliphatic heterocycles. The van der Waals surface area contributed by atoms with E-state index in [4.69, 9.17) is 16.7 Å². The molecule has 0 aromatic heterocycles. The average Bonchev–Trinajstić information content (AvgIpc) is 2.26. The van der Waals surface area contributed by atoms with Gasteiger partial charge in [0.2, 0.25) is 0 Å². The number of aromatic carboxylic acids is 1. The molecule has 0 saturated heterocycles. The van der Waals surface area contributed by atoms with Gasteiger partial charge in [-0.1, -0.05) is 17.2 Å². The summed E-state index contributed by atoms with van der Waals surface area (Å²) >= 11 is 5.68. The minimum atomic E-state index is -3.51. The molecule has 1 aromatic carbocycles. The summed E-state index contributed by atoms with van der Waals surface area (Å²) in [7, 11) is -3.51. The molecule has 1 aromatic rings. The molecule has 0 atom stereocenters. The number of benzene rings is 1. The van der Waals surface area contributed by atoms with Crippen molar-refractivity contribution in [3.05, 3.63) is 40.9 Å². The van der Waals surface area contributed by atoms with Crippen LogP contribution < -0.4 is 0 Å². The zero-order chi connectivity index (χ0) is 13.9. The van der Waals surface area contributed by atoms with E-state index in [2.05, 4.69) is 6.58 Å². The summed E-state index contributed by atoms with van der Waals surface area (Å²) in [6, 6.07) is 3.67. The molecule has 0 fully saturated rings. The van der Waals surface area contributed by atoms with Gasteiger partial charge in [0, 0.05) is 0 Å². The Hall–Kier alpha value is -1.33. The third kappa shape index (κ3) is 3.58. The Morgan fingerprint density at radius 1 is 1.44 bits per heavy atom. The van der Waals surface area contributed by atoms with Crippen molar-refractivity contribution in [2.24, 2.45) is 0 Å². The Kier molecular flexibility index (Phi) is 4.53. The lowest BCUT2D eigenvalue weighted by Crippen LogP contribution is -2.09. The standard InChI is InChI=1S/C12H13ClO4S/c1-8(2)5-6-18(16,17)9-3-4-11(13)10(7-9)12(14)15/h3-4,7H,1,5-6H2,2H3,(H,14,15).